The lowest BCUT2D eigenvalue weighted by atomic mass is 9.77. The van der Waals surface area contributed by atoms with Crippen LogP contribution in [0.25, 0.3) is 16.7 Å². The van der Waals surface area contributed by atoms with Crippen LogP contribution in [0, 0.1) is 10.8 Å². The van der Waals surface area contributed by atoms with Gasteiger partial charge in [-0.25, -0.2) is 0 Å². The van der Waals surface area contributed by atoms with Crippen LogP contribution in [0.4, 0.5) is 0 Å². The third kappa shape index (κ3) is 3.10. The second-order valence-corrected chi connectivity index (χ2v) is 9.15. The molecule has 0 heterocycles. The first kappa shape index (κ1) is 17.7. The highest BCUT2D eigenvalue weighted by atomic mass is 16.5. The molecule has 3 aliphatic rings. The van der Waals surface area contributed by atoms with E-state index < -0.39 is 0 Å². The molecule has 3 aliphatic carbocycles. The molecule has 0 spiro atoms. The fraction of sp³-hybridized carbons (Fsp3) is 0.435. The zero-order valence-electron chi connectivity index (χ0n) is 16.4. The summed E-state index contributed by atoms with van der Waals surface area (Å²) in [5, 5.41) is 0. The summed E-state index contributed by atoms with van der Waals surface area (Å²) in [4.78, 5) is 11.5. The maximum atomic E-state index is 11.5. The van der Waals surface area contributed by atoms with Crippen LogP contribution in [-0.2, 0) is 4.79 Å². The van der Waals surface area contributed by atoms with E-state index in [-0.39, 0.29) is 16.8 Å². The predicted octanol–water partition coefficient (Wildman–Crippen LogP) is 6.29. The van der Waals surface area contributed by atoms with Crippen molar-refractivity contribution >= 4 is 11.5 Å². The molecule has 0 radical (unpaired) electrons. The molecule has 132 valence electrons. The van der Waals surface area contributed by atoms with Crippen molar-refractivity contribution in [2.75, 3.05) is 0 Å². The van der Waals surface area contributed by atoms with Gasteiger partial charge in [0.2, 0.25) is 0 Å². The molecule has 0 amide bonds. The molecule has 0 N–H and O–H groups in total. The van der Waals surface area contributed by atoms with Gasteiger partial charge in [0.25, 0.3) is 0 Å². The van der Waals surface area contributed by atoms with Crippen LogP contribution in [0.15, 0.2) is 36.4 Å². The van der Waals surface area contributed by atoms with Gasteiger partial charge in [0.1, 0.15) is 5.75 Å². The lowest BCUT2D eigenvalue weighted by molar-refractivity contribution is -0.131. The van der Waals surface area contributed by atoms with Crippen molar-refractivity contribution in [3.8, 4) is 16.9 Å². The van der Waals surface area contributed by atoms with E-state index in [0.717, 1.165) is 5.56 Å². The zero-order chi connectivity index (χ0) is 18.6. The van der Waals surface area contributed by atoms with E-state index in [9.17, 15) is 4.79 Å². The largest absolute Gasteiger partial charge is 0.426 e. The second kappa shape index (κ2) is 5.72. The number of carbonyl (C=O) groups excluding carboxylic acids is 1. The molecule has 0 aromatic carbocycles. The summed E-state index contributed by atoms with van der Waals surface area (Å²) in [7, 11) is 0. The molecular weight excluding hydrogens is 308 g/mol. The van der Waals surface area contributed by atoms with Crippen LogP contribution in [0.1, 0.15) is 65.5 Å². The Morgan fingerprint density at radius 1 is 0.960 bits per heavy atom. The van der Waals surface area contributed by atoms with Crippen molar-refractivity contribution in [2.45, 2.75) is 54.4 Å². The van der Waals surface area contributed by atoms with E-state index in [0.29, 0.717) is 11.7 Å². The Morgan fingerprint density at radius 3 is 2.16 bits per heavy atom. The second-order valence-electron chi connectivity index (χ2n) is 9.15. The number of hydrogen-bond donors (Lipinski definition) is 0. The van der Waals surface area contributed by atoms with Crippen molar-refractivity contribution in [1.29, 1.82) is 0 Å². The minimum Gasteiger partial charge on any atom is -0.426 e. The van der Waals surface area contributed by atoms with Gasteiger partial charge in [-0.05, 0) is 45.2 Å². The summed E-state index contributed by atoms with van der Waals surface area (Å²) >= 11 is 0. The number of hydrogen-bond acceptors (Lipinski definition) is 2. The average Bonchev–Trinajstić information content (AvgIpc) is 2.92. The first-order chi connectivity index (χ1) is 11.5. The summed E-state index contributed by atoms with van der Waals surface area (Å²) in [6, 6.07) is 10.2. The molecule has 0 aromatic rings. The Bertz CT molecular complexity index is 828. The zero-order valence-corrected chi connectivity index (χ0v) is 16.4. The third-order valence-corrected chi connectivity index (χ3v) is 4.98. The van der Waals surface area contributed by atoms with Gasteiger partial charge < -0.3 is 4.74 Å². The van der Waals surface area contributed by atoms with Gasteiger partial charge in [-0.1, -0.05) is 65.8 Å². The quantitative estimate of drug-likeness (QED) is 0.572. The van der Waals surface area contributed by atoms with Crippen molar-refractivity contribution in [2.24, 2.45) is 10.8 Å². The molecule has 0 saturated heterocycles. The normalized spacial score (nSPS) is 17.4. The molecule has 2 heteroatoms. The Balaban J connectivity index is 2.30. The Labute approximate surface area is 151 Å². The molecule has 0 aliphatic heterocycles. The highest BCUT2D eigenvalue weighted by Crippen LogP contribution is 2.56. The van der Waals surface area contributed by atoms with Gasteiger partial charge in [0.15, 0.2) is 0 Å². The SMILES string of the molecule is CC(=O)Oc1ccccc2c3c(cc1-2)C(C(C)(C)C)=CC3C(C)(C)C. The summed E-state index contributed by atoms with van der Waals surface area (Å²) in [6.07, 6.45) is 2.45. The monoisotopic (exact) mass is 336 g/mol. The van der Waals surface area contributed by atoms with Crippen LogP contribution < -0.4 is 4.74 Å². The van der Waals surface area contributed by atoms with Crippen molar-refractivity contribution in [1.82, 2.24) is 0 Å². The number of allylic oxidation sites excluding steroid dienone is 2. The summed E-state index contributed by atoms with van der Waals surface area (Å²) in [5.41, 5.74) is 6.47. The third-order valence-electron chi connectivity index (χ3n) is 4.98. The molecular formula is C23H28O2. The van der Waals surface area contributed by atoms with Gasteiger partial charge in [-0.15, -0.1) is 0 Å². The number of esters is 1. The standard InChI is InChI=1S/C23H28O2/c1-14(24)25-20-11-9-8-10-15-16(20)12-17-18(22(2,3)4)13-19(21(15)17)23(5,6)7/h8-13,19H,1-7H3. The molecule has 0 bridgehead atoms. The average molecular weight is 336 g/mol. The summed E-state index contributed by atoms with van der Waals surface area (Å²) in [5.74, 6) is 0.706. The molecule has 0 aromatic heterocycles. The number of fused-ring (bicyclic) bond motifs is 3. The summed E-state index contributed by atoms with van der Waals surface area (Å²) < 4.78 is 5.51. The van der Waals surface area contributed by atoms with Crippen LogP contribution >= 0.6 is 0 Å². The van der Waals surface area contributed by atoms with Gasteiger partial charge in [0.05, 0.1) is 0 Å². The van der Waals surface area contributed by atoms with Crippen LogP contribution in [0.5, 0.6) is 5.75 Å². The van der Waals surface area contributed by atoms with Gasteiger partial charge in [-0.2, -0.15) is 0 Å². The smallest absolute Gasteiger partial charge is 0.308 e. The highest BCUT2D eigenvalue weighted by Gasteiger charge is 2.39. The van der Waals surface area contributed by atoms with Crippen LogP contribution in [-0.4, -0.2) is 5.97 Å². The summed E-state index contributed by atoms with van der Waals surface area (Å²) in [6.45, 7) is 15.1. The van der Waals surface area contributed by atoms with E-state index in [1.54, 1.807) is 0 Å². The van der Waals surface area contributed by atoms with E-state index in [1.165, 1.54) is 29.2 Å². The van der Waals surface area contributed by atoms with Crippen LogP contribution in [0.3, 0.4) is 0 Å². The Morgan fingerprint density at radius 2 is 1.60 bits per heavy atom. The molecule has 0 fully saturated rings. The molecule has 1 unspecified atom stereocenters. The van der Waals surface area contributed by atoms with E-state index in [1.807, 2.05) is 18.2 Å². The number of rotatable bonds is 1. The van der Waals surface area contributed by atoms with Crippen LogP contribution in [0.2, 0.25) is 0 Å². The lowest BCUT2D eigenvalue weighted by Gasteiger charge is -2.27. The fourth-order valence-electron chi connectivity index (χ4n) is 3.84. The van der Waals surface area contributed by atoms with Crippen molar-refractivity contribution in [3.63, 3.8) is 0 Å². The molecule has 1 atom stereocenters. The maximum absolute atomic E-state index is 11.5. The van der Waals surface area contributed by atoms with E-state index in [4.69, 9.17) is 4.74 Å². The number of ether oxygens (including phenoxy) is 1. The Kier molecular flexibility index (Phi) is 4.06. The maximum Gasteiger partial charge on any atom is 0.308 e. The molecule has 3 rings (SSSR count). The first-order valence-electron chi connectivity index (χ1n) is 8.97. The molecule has 0 saturated carbocycles. The van der Waals surface area contributed by atoms with Gasteiger partial charge in [0, 0.05) is 18.4 Å². The van der Waals surface area contributed by atoms with E-state index in [2.05, 4.69) is 59.8 Å². The molecule has 2 nitrogen and oxygen atoms in total. The fourth-order valence-corrected chi connectivity index (χ4v) is 3.84. The topological polar surface area (TPSA) is 26.3 Å². The Hall–Kier alpha value is -2.09. The first-order valence-corrected chi connectivity index (χ1v) is 8.97. The minimum atomic E-state index is -0.284. The predicted molar refractivity (Wildman–Crippen MR) is 104 cm³/mol. The van der Waals surface area contributed by atoms with Gasteiger partial charge in [-0.3, -0.25) is 4.79 Å². The van der Waals surface area contributed by atoms with Crippen molar-refractivity contribution < 1.29 is 9.53 Å². The minimum absolute atomic E-state index is 0.0723. The number of carbonyl (C=O) groups is 1. The van der Waals surface area contributed by atoms with E-state index >= 15 is 0 Å². The lowest BCUT2D eigenvalue weighted by Crippen LogP contribution is -2.15. The van der Waals surface area contributed by atoms with Crippen molar-refractivity contribution in [3.05, 3.63) is 47.5 Å². The molecule has 25 heavy (non-hydrogen) atoms. The van der Waals surface area contributed by atoms with Gasteiger partial charge >= 0.3 is 5.97 Å². The highest BCUT2D eigenvalue weighted by molar-refractivity contribution is 5.92.